The van der Waals surface area contributed by atoms with Gasteiger partial charge in [-0.1, -0.05) is 53.8 Å². The number of nitrogens with zero attached hydrogens (tertiary/aromatic N) is 1. The Morgan fingerprint density at radius 1 is 1.06 bits per heavy atom. The number of methoxy groups -OCH3 is 1. The highest BCUT2D eigenvalue weighted by Gasteiger charge is 2.33. The minimum absolute atomic E-state index is 0.256. The second kappa shape index (κ2) is 9.73. The zero-order chi connectivity index (χ0) is 22.7. The van der Waals surface area contributed by atoms with Crippen LogP contribution in [0.2, 0.25) is 5.02 Å². The topological polar surface area (TPSA) is 38.8 Å². The van der Waals surface area contributed by atoms with Gasteiger partial charge in [0.25, 0.3) is 5.91 Å². The first-order valence-electron chi connectivity index (χ1n) is 9.53. The van der Waals surface area contributed by atoms with Crippen molar-refractivity contribution in [3.63, 3.8) is 0 Å². The quantitative estimate of drug-likeness (QED) is 0.295. The molecule has 1 saturated heterocycles. The van der Waals surface area contributed by atoms with Gasteiger partial charge in [-0.15, -0.1) is 0 Å². The first-order chi connectivity index (χ1) is 15.4. The molecule has 0 unspecified atom stereocenters. The number of benzene rings is 3. The van der Waals surface area contributed by atoms with Crippen LogP contribution in [0.4, 0.5) is 10.1 Å². The van der Waals surface area contributed by atoms with E-state index in [9.17, 15) is 9.18 Å². The van der Waals surface area contributed by atoms with Crippen molar-refractivity contribution in [2.75, 3.05) is 12.0 Å². The maximum Gasteiger partial charge on any atom is 0.270 e. The van der Waals surface area contributed by atoms with Gasteiger partial charge in [0.15, 0.2) is 15.8 Å². The van der Waals surface area contributed by atoms with E-state index in [4.69, 9.17) is 33.3 Å². The molecule has 0 N–H and O–H groups in total. The third kappa shape index (κ3) is 4.96. The van der Waals surface area contributed by atoms with E-state index in [1.807, 2.05) is 30.3 Å². The summed E-state index contributed by atoms with van der Waals surface area (Å²) in [5.41, 5.74) is 2.27. The van der Waals surface area contributed by atoms with Gasteiger partial charge < -0.3 is 9.47 Å². The molecular weight excluding hydrogens is 469 g/mol. The van der Waals surface area contributed by atoms with Gasteiger partial charge in [0.05, 0.1) is 17.7 Å². The van der Waals surface area contributed by atoms with E-state index in [1.54, 1.807) is 25.3 Å². The molecule has 0 atom stereocenters. The number of anilines is 1. The van der Waals surface area contributed by atoms with Gasteiger partial charge >= 0.3 is 0 Å². The third-order valence-corrected chi connectivity index (χ3v) is 6.23. The molecule has 1 heterocycles. The average molecular weight is 486 g/mol. The van der Waals surface area contributed by atoms with Gasteiger partial charge in [-0.3, -0.25) is 9.69 Å². The molecule has 1 amide bonds. The Bertz CT molecular complexity index is 1200. The SMILES string of the molecule is COc1cc(/C=C2\SC(=S)N(c3ccc(F)cc3)C2=O)ccc1OCc1ccc(Cl)cc1. The molecule has 8 heteroatoms. The fourth-order valence-corrected chi connectivity index (χ4v) is 4.49. The molecule has 4 rings (SSSR count). The molecule has 0 spiro atoms. The van der Waals surface area contributed by atoms with Crippen LogP contribution in [0.3, 0.4) is 0 Å². The lowest BCUT2D eigenvalue weighted by Gasteiger charge is -2.14. The normalized spacial score (nSPS) is 14.8. The maximum atomic E-state index is 13.2. The summed E-state index contributed by atoms with van der Waals surface area (Å²) in [6, 6.07) is 18.5. The predicted molar refractivity (Wildman–Crippen MR) is 131 cm³/mol. The van der Waals surface area contributed by atoms with E-state index < -0.39 is 0 Å². The number of halogens is 2. The number of rotatable bonds is 6. The average Bonchev–Trinajstić information content (AvgIpc) is 3.07. The predicted octanol–water partition coefficient (Wildman–Crippen LogP) is 6.47. The van der Waals surface area contributed by atoms with Crippen molar-refractivity contribution in [3.05, 3.63) is 93.6 Å². The number of hydrogen-bond acceptors (Lipinski definition) is 5. The lowest BCUT2D eigenvalue weighted by atomic mass is 10.1. The minimum Gasteiger partial charge on any atom is -0.493 e. The third-order valence-electron chi connectivity index (χ3n) is 4.67. The summed E-state index contributed by atoms with van der Waals surface area (Å²) in [6.45, 7) is 0.364. The lowest BCUT2D eigenvalue weighted by molar-refractivity contribution is -0.113. The van der Waals surface area contributed by atoms with Crippen LogP contribution in [0.5, 0.6) is 11.5 Å². The second-order valence-corrected chi connectivity index (χ2v) is 8.93. The summed E-state index contributed by atoms with van der Waals surface area (Å²) >= 11 is 12.5. The Kier molecular flexibility index (Phi) is 6.79. The largest absolute Gasteiger partial charge is 0.493 e. The molecule has 0 aliphatic carbocycles. The van der Waals surface area contributed by atoms with E-state index in [1.165, 1.54) is 40.9 Å². The number of thiocarbonyl (C=S) groups is 1. The second-order valence-electron chi connectivity index (χ2n) is 6.82. The van der Waals surface area contributed by atoms with Gasteiger partial charge in [-0.05, 0) is 65.7 Å². The molecule has 0 aromatic heterocycles. The zero-order valence-corrected chi connectivity index (χ0v) is 19.3. The van der Waals surface area contributed by atoms with Crippen molar-refractivity contribution in [2.45, 2.75) is 6.61 Å². The van der Waals surface area contributed by atoms with Crippen LogP contribution in [0.25, 0.3) is 6.08 Å². The number of carbonyl (C=O) groups excluding carboxylic acids is 1. The molecular formula is C24H17ClFNO3S2. The first-order valence-corrected chi connectivity index (χ1v) is 11.1. The van der Waals surface area contributed by atoms with Gasteiger partial charge in [0.2, 0.25) is 0 Å². The van der Waals surface area contributed by atoms with Gasteiger partial charge in [0.1, 0.15) is 12.4 Å². The molecule has 1 aliphatic rings. The van der Waals surface area contributed by atoms with Crippen LogP contribution >= 0.6 is 35.6 Å². The smallest absolute Gasteiger partial charge is 0.270 e. The van der Waals surface area contributed by atoms with Crippen LogP contribution in [0.1, 0.15) is 11.1 Å². The van der Waals surface area contributed by atoms with Gasteiger partial charge in [-0.2, -0.15) is 0 Å². The van der Waals surface area contributed by atoms with Crippen molar-refractivity contribution in [3.8, 4) is 11.5 Å². The summed E-state index contributed by atoms with van der Waals surface area (Å²) in [7, 11) is 1.56. The van der Waals surface area contributed by atoms with E-state index in [-0.39, 0.29) is 11.7 Å². The minimum atomic E-state index is -0.375. The molecule has 0 radical (unpaired) electrons. The van der Waals surface area contributed by atoms with Crippen molar-refractivity contribution in [2.24, 2.45) is 0 Å². The number of carbonyl (C=O) groups is 1. The molecule has 3 aromatic carbocycles. The van der Waals surface area contributed by atoms with Crippen LogP contribution < -0.4 is 14.4 Å². The zero-order valence-electron chi connectivity index (χ0n) is 16.9. The molecule has 4 nitrogen and oxygen atoms in total. The molecule has 32 heavy (non-hydrogen) atoms. The number of thioether (sulfide) groups is 1. The summed E-state index contributed by atoms with van der Waals surface area (Å²) < 4.78 is 25.0. The maximum absolute atomic E-state index is 13.2. The highest BCUT2D eigenvalue weighted by atomic mass is 35.5. The molecule has 0 bridgehead atoms. The van der Waals surface area contributed by atoms with E-state index >= 15 is 0 Å². The summed E-state index contributed by atoms with van der Waals surface area (Å²) in [5.74, 6) is 0.494. The highest BCUT2D eigenvalue weighted by molar-refractivity contribution is 8.27. The van der Waals surface area contributed by atoms with Crippen molar-refractivity contribution >= 4 is 57.6 Å². The summed E-state index contributed by atoms with van der Waals surface area (Å²) in [6.07, 6.45) is 1.74. The highest BCUT2D eigenvalue weighted by Crippen LogP contribution is 2.37. The van der Waals surface area contributed by atoms with Crippen LogP contribution in [0.15, 0.2) is 71.6 Å². The molecule has 0 saturated carbocycles. The Labute approximate surface area is 199 Å². The fourth-order valence-electron chi connectivity index (χ4n) is 3.07. The van der Waals surface area contributed by atoms with E-state index in [0.717, 1.165) is 11.1 Å². The van der Waals surface area contributed by atoms with Gasteiger partial charge in [-0.25, -0.2) is 4.39 Å². The monoisotopic (exact) mass is 485 g/mol. The number of amides is 1. The molecule has 3 aromatic rings. The number of hydrogen-bond donors (Lipinski definition) is 0. The summed E-state index contributed by atoms with van der Waals surface area (Å²) in [4.78, 5) is 14.8. The van der Waals surface area contributed by atoms with E-state index in [0.29, 0.717) is 38.0 Å². The standard InChI is InChI=1S/C24H17ClFNO3S2/c1-29-21-12-16(4-11-20(21)30-14-15-2-5-17(25)6-3-15)13-22-23(28)27(24(31)32-22)19-9-7-18(26)8-10-19/h2-13H,14H2,1H3/b22-13-. The lowest BCUT2D eigenvalue weighted by Crippen LogP contribution is -2.27. The fraction of sp³-hybridized carbons (Fsp3) is 0.0833. The molecule has 1 fully saturated rings. The Balaban J connectivity index is 1.52. The van der Waals surface area contributed by atoms with Crippen LogP contribution in [-0.2, 0) is 11.4 Å². The Morgan fingerprint density at radius 3 is 2.47 bits per heavy atom. The van der Waals surface area contributed by atoms with Crippen molar-refractivity contribution in [1.82, 2.24) is 0 Å². The van der Waals surface area contributed by atoms with Crippen LogP contribution in [-0.4, -0.2) is 17.3 Å². The van der Waals surface area contributed by atoms with Crippen LogP contribution in [0, 0.1) is 5.82 Å². The molecule has 1 aliphatic heterocycles. The summed E-state index contributed by atoms with van der Waals surface area (Å²) in [5, 5.41) is 0.667. The number of ether oxygens (including phenoxy) is 2. The Hall–Kier alpha value is -2.87. The van der Waals surface area contributed by atoms with Crippen molar-refractivity contribution in [1.29, 1.82) is 0 Å². The molecule has 162 valence electrons. The van der Waals surface area contributed by atoms with E-state index in [2.05, 4.69) is 0 Å². The van der Waals surface area contributed by atoms with Crippen molar-refractivity contribution < 1.29 is 18.7 Å². The van der Waals surface area contributed by atoms with Gasteiger partial charge in [0, 0.05) is 5.02 Å². The first kappa shape index (κ1) is 22.3. The Morgan fingerprint density at radius 2 is 1.78 bits per heavy atom.